The van der Waals surface area contributed by atoms with Crippen LogP contribution in [0.1, 0.15) is 44.4 Å². The van der Waals surface area contributed by atoms with Gasteiger partial charge < -0.3 is 10.2 Å². The number of anilines is 2. The lowest BCUT2D eigenvalue weighted by Crippen LogP contribution is -2.32. The fourth-order valence-corrected chi connectivity index (χ4v) is 4.81. The zero-order valence-electron chi connectivity index (χ0n) is 23.2. The van der Waals surface area contributed by atoms with Crippen LogP contribution < -0.4 is 10.2 Å². The molecule has 210 valence electrons. The van der Waals surface area contributed by atoms with Gasteiger partial charge in [-0.1, -0.05) is 76.2 Å². The highest BCUT2D eigenvalue weighted by molar-refractivity contribution is 6.08. The maximum absolute atomic E-state index is 13.2. The first-order chi connectivity index (χ1) is 19.0. The molecule has 0 aliphatic carbocycles. The fraction of sp³-hybridized carbons (Fsp3) is 0.355. The Bertz CT molecular complexity index is 1400. The SMILES string of the molecule is CC(C)CN(CC(C)C)c1ccc(-c2ccccc2C2=NN=NC2)cc1NC(=O)Cc1cccc(C(F)(F)F)c1. The van der Waals surface area contributed by atoms with Gasteiger partial charge in [0, 0.05) is 18.7 Å². The summed E-state index contributed by atoms with van der Waals surface area (Å²) in [6.07, 6.45) is -4.65. The summed E-state index contributed by atoms with van der Waals surface area (Å²) in [6, 6.07) is 18.7. The lowest BCUT2D eigenvalue weighted by molar-refractivity contribution is -0.137. The zero-order chi connectivity index (χ0) is 28.9. The second-order valence-corrected chi connectivity index (χ2v) is 10.8. The normalized spacial score (nSPS) is 13.2. The van der Waals surface area contributed by atoms with Gasteiger partial charge in [0.05, 0.1) is 29.1 Å². The van der Waals surface area contributed by atoms with Gasteiger partial charge in [-0.2, -0.15) is 18.3 Å². The molecule has 1 aliphatic rings. The summed E-state index contributed by atoms with van der Waals surface area (Å²) in [5.74, 6) is 0.360. The zero-order valence-corrected chi connectivity index (χ0v) is 23.2. The molecule has 0 atom stereocenters. The Morgan fingerprint density at radius 2 is 1.62 bits per heavy atom. The summed E-state index contributed by atoms with van der Waals surface area (Å²) in [5, 5.41) is 14.9. The molecule has 1 N–H and O–H groups in total. The molecule has 0 fully saturated rings. The number of amides is 1. The number of carbonyl (C=O) groups excluding carboxylic acids is 1. The number of carbonyl (C=O) groups is 1. The monoisotopic (exact) mass is 549 g/mol. The van der Waals surface area contributed by atoms with E-state index in [4.69, 9.17) is 0 Å². The Morgan fingerprint density at radius 3 is 2.25 bits per heavy atom. The molecule has 0 unspecified atom stereocenters. The van der Waals surface area contributed by atoms with E-state index in [1.165, 1.54) is 12.1 Å². The van der Waals surface area contributed by atoms with E-state index in [-0.39, 0.29) is 6.42 Å². The molecule has 0 spiro atoms. The van der Waals surface area contributed by atoms with Crippen LogP contribution in [0.3, 0.4) is 0 Å². The highest BCUT2D eigenvalue weighted by atomic mass is 19.4. The second-order valence-electron chi connectivity index (χ2n) is 10.8. The van der Waals surface area contributed by atoms with Crippen LogP contribution in [0.4, 0.5) is 24.5 Å². The third-order valence-electron chi connectivity index (χ3n) is 6.40. The third kappa shape index (κ3) is 7.34. The molecule has 1 amide bonds. The number of benzene rings is 3. The van der Waals surface area contributed by atoms with E-state index in [0.29, 0.717) is 29.6 Å². The fourth-order valence-electron chi connectivity index (χ4n) is 4.81. The van der Waals surface area contributed by atoms with Gasteiger partial charge in [-0.15, -0.1) is 5.10 Å². The predicted molar refractivity (Wildman–Crippen MR) is 154 cm³/mol. The van der Waals surface area contributed by atoms with Gasteiger partial charge in [-0.3, -0.25) is 4.79 Å². The van der Waals surface area contributed by atoms with Crippen molar-refractivity contribution in [2.45, 2.75) is 40.3 Å². The van der Waals surface area contributed by atoms with Gasteiger partial charge in [-0.25, -0.2) is 0 Å². The molecule has 3 aromatic rings. The summed E-state index contributed by atoms with van der Waals surface area (Å²) >= 11 is 0. The molecule has 3 aromatic carbocycles. The summed E-state index contributed by atoms with van der Waals surface area (Å²) < 4.78 is 39.7. The van der Waals surface area contributed by atoms with Gasteiger partial charge in [0.2, 0.25) is 5.91 Å². The van der Waals surface area contributed by atoms with Crippen LogP contribution in [-0.2, 0) is 17.4 Å². The van der Waals surface area contributed by atoms with Crippen LogP contribution in [-0.4, -0.2) is 31.3 Å². The first kappa shape index (κ1) is 29.0. The van der Waals surface area contributed by atoms with Crippen LogP contribution in [0.2, 0.25) is 0 Å². The Balaban J connectivity index is 1.72. The van der Waals surface area contributed by atoms with E-state index in [2.05, 4.69) is 53.4 Å². The first-order valence-corrected chi connectivity index (χ1v) is 13.4. The van der Waals surface area contributed by atoms with E-state index in [9.17, 15) is 18.0 Å². The highest BCUT2D eigenvalue weighted by Gasteiger charge is 2.30. The van der Waals surface area contributed by atoms with Crippen molar-refractivity contribution >= 4 is 23.0 Å². The van der Waals surface area contributed by atoms with Gasteiger partial charge >= 0.3 is 6.18 Å². The highest BCUT2D eigenvalue weighted by Crippen LogP contribution is 2.35. The predicted octanol–water partition coefficient (Wildman–Crippen LogP) is 7.84. The van der Waals surface area contributed by atoms with E-state index < -0.39 is 17.6 Å². The summed E-state index contributed by atoms with van der Waals surface area (Å²) in [7, 11) is 0. The molecule has 1 aliphatic heterocycles. The molecule has 0 radical (unpaired) electrons. The molecule has 0 aromatic heterocycles. The van der Waals surface area contributed by atoms with Crippen molar-refractivity contribution < 1.29 is 18.0 Å². The molecular weight excluding hydrogens is 515 g/mol. The summed E-state index contributed by atoms with van der Waals surface area (Å²) in [5.41, 5.74) is 4.45. The molecule has 4 rings (SSSR count). The average Bonchev–Trinajstić information content (AvgIpc) is 3.42. The van der Waals surface area contributed by atoms with Gasteiger partial charge in [0.15, 0.2) is 0 Å². The van der Waals surface area contributed by atoms with Crippen molar-refractivity contribution in [3.8, 4) is 11.1 Å². The molecule has 1 heterocycles. The van der Waals surface area contributed by atoms with Crippen LogP contribution in [0.25, 0.3) is 11.1 Å². The number of halogens is 3. The smallest absolute Gasteiger partial charge is 0.369 e. The Labute approximate surface area is 233 Å². The van der Waals surface area contributed by atoms with E-state index in [1.54, 1.807) is 0 Å². The molecule has 40 heavy (non-hydrogen) atoms. The number of alkyl halides is 3. The molecular formula is C31H34F3N5O. The van der Waals surface area contributed by atoms with Crippen molar-refractivity contribution in [3.63, 3.8) is 0 Å². The number of nitrogens with zero attached hydrogens (tertiary/aromatic N) is 4. The van der Waals surface area contributed by atoms with Crippen molar-refractivity contribution in [2.75, 3.05) is 29.9 Å². The van der Waals surface area contributed by atoms with Crippen molar-refractivity contribution in [2.24, 2.45) is 27.3 Å². The molecule has 0 saturated heterocycles. The molecule has 0 bridgehead atoms. The van der Waals surface area contributed by atoms with Gasteiger partial charge in [-0.05, 0) is 51.9 Å². The Morgan fingerprint density at radius 1 is 0.925 bits per heavy atom. The average molecular weight is 550 g/mol. The summed E-state index contributed by atoms with van der Waals surface area (Å²) in [4.78, 5) is 15.5. The minimum absolute atomic E-state index is 0.182. The van der Waals surface area contributed by atoms with Gasteiger partial charge in [0.25, 0.3) is 0 Å². The lowest BCUT2D eigenvalue weighted by Gasteiger charge is -2.31. The lowest BCUT2D eigenvalue weighted by atomic mass is 9.95. The number of nitrogens with one attached hydrogen (secondary N) is 1. The largest absolute Gasteiger partial charge is 0.416 e. The van der Waals surface area contributed by atoms with Crippen LogP contribution in [0.5, 0.6) is 0 Å². The minimum Gasteiger partial charge on any atom is -0.369 e. The van der Waals surface area contributed by atoms with Crippen molar-refractivity contribution in [1.82, 2.24) is 0 Å². The quantitative estimate of drug-likeness (QED) is 0.280. The van der Waals surface area contributed by atoms with Crippen molar-refractivity contribution in [3.05, 3.63) is 83.4 Å². The maximum atomic E-state index is 13.2. The first-order valence-electron chi connectivity index (χ1n) is 13.4. The van der Waals surface area contributed by atoms with E-state index in [0.717, 1.165) is 53.3 Å². The topological polar surface area (TPSA) is 69.4 Å². The molecule has 6 nitrogen and oxygen atoms in total. The van der Waals surface area contributed by atoms with E-state index >= 15 is 0 Å². The van der Waals surface area contributed by atoms with Gasteiger partial charge in [0.1, 0.15) is 6.54 Å². The standard InChI is InChI=1S/C31H34F3N5O/c1-20(2)18-39(19-21(3)4)29-13-12-23(25-10-5-6-11-26(25)28-17-35-38-37-28)16-27(29)36-30(40)15-22-8-7-9-24(14-22)31(32,33)34/h5-14,16,20-21H,15,17-19H2,1-4H3,(H,36,40). The maximum Gasteiger partial charge on any atom is 0.416 e. The van der Waals surface area contributed by atoms with Crippen molar-refractivity contribution in [1.29, 1.82) is 0 Å². The third-order valence-corrected chi connectivity index (χ3v) is 6.40. The second kappa shape index (κ2) is 12.4. The number of rotatable bonds is 10. The minimum atomic E-state index is -4.47. The summed E-state index contributed by atoms with van der Waals surface area (Å²) in [6.45, 7) is 10.5. The van der Waals surface area contributed by atoms with Crippen LogP contribution in [0, 0.1) is 11.8 Å². The van der Waals surface area contributed by atoms with Crippen LogP contribution in [0.15, 0.2) is 82.2 Å². The molecule has 0 saturated carbocycles. The Kier molecular flexibility index (Phi) is 9.02. The van der Waals surface area contributed by atoms with E-state index in [1.807, 2.05) is 42.5 Å². The number of hydrogen-bond acceptors (Lipinski definition) is 5. The molecule has 9 heteroatoms. The van der Waals surface area contributed by atoms with Crippen LogP contribution >= 0.6 is 0 Å². The number of hydrogen-bond donors (Lipinski definition) is 1. The Hall–Kier alpha value is -4.01.